The topological polar surface area (TPSA) is 55.6 Å². The predicted molar refractivity (Wildman–Crippen MR) is 76.5 cm³/mol. The molecule has 2 aromatic rings. The van der Waals surface area contributed by atoms with E-state index >= 15 is 0 Å². The lowest BCUT2D eigenvalue weighted by molar-refractivity contribution is 0.659. The van der Waals surface area contributed by atoms with Gasteiger partial charge in [0.15, 0.2) is 0 Å². The largest absolute Gasteiger partial charge is 0.370 e. The number of rotatable bonds is 6. The molecule has 0 amide bonds. The van der Waals surface area contributed by atoms with Crippen molar-refractivity contribution in [1.82, 2.24) is 19.5 Å². The number of aromatic nitrogens is 4. The van der Waals surface area contributed by atoms with E-state index in [0.717, 1.165) is 30.9 Å². The molecule has 0 saturated heterocycles. The predicted octanol–water partition coefficient (Wildman–Crippen LogP) is 2.95. The van der Waals surface area contributed by atoms with Crippen LogP contribution in [0.15, 0.2) is 25.0 Å². The first-order valence-electron chi connectivity index (χ1n) is 6.38. The van der Waals surface area contributed by atoms with Crippen LogP contribution < -0.4 is 5.32 Å². The summed E-state index contributed by atoms with van der Waals surface area (Å²) in [6, 6.07) is 0. The second-order valence-corrected chi connectivity index (χ2v) is 5.02. The fourth-order valence-corrected chi connectivity index (χ4v) is 2.27. The molecule has 0 unspecified atom stereocenters. The van der Waals surface area contributed by atoms with E-state index in [1.807, 2.05) is 12.5 Å². The molecule has 0 atom stereocenters. The van der Waals surface area contributed by atoms with Gasteiger partial charge in [0.1, 0.15) is 17.3 Å². The Morgan fingerprint density at radius 1 is 1.37 bits per heavy atom. The number of imidazole rings is 1. The molecular weight excluding hydrogens is 262 g/mol. The van der Waals surface area contributed by atoms with E-state index in [4.69, 9.17) is 11.6 Å². The minimum atomic E-state index is 0.296. The fourth-order valence-electron chi connectivity index (χ4n) is 1.91. The van der Waals surface area contributed by atoms with Crippen LogP contribution in [0.4, 0.5) is 5.82 Å². The molecule has 0 fully saturated rings. The molecule has 2 rings (SSSR count). The second-order valence-electron chi connectivity index (χ2n) is 4.66. The van der Waals surface area contributed by atoms with Gasteiger partial charge in [0.2, 0.25) is 0 Å². The highest BCUT2D eigenvalue weighted by Gasteiger charge is 2.12. The van der Waals surface area contributed by atoms with Crippen molar-refractivity contribution in [2.75, 3.05) is 11.9 Å². The number of hydrogen-bond acceptors (Lipinski definition) is 4. The molecule has 0 bridgehead atoms. The third kappa shape index (κ3) is 3.67. The Morgan fingerprint density at radius 2 is 2.21 bits per heavy atom. The molecule has 2 aromatic heterocycles. The van der Waals surface area contributed by atoms with Crippen LogP contribution in [-0.4, -0.2) is 26.1 Å². The smallest absolute Gasteiger partial charge is 0.138 e. The Bertz CT molecular complexity index is 510. The highest BCUT2D eigenvalue weighted by atomic mass is 35.5. The molecular formula is C13H18ClN5. The Morgan fingerprint density at radius 3 is 2.89 bits per heavy atom. The summed E-state index contributed by atoms with van der Waals surface area (Å²) < 4.78 is 2.05. The summed E-state index contributed by atoms with van der Waals surface area (Å²) in [6.45, 7) is 5.94. The first kappa shape index (κ1) is 13.8. The number of anilines is 1. The summed E-state index contributed by atoms with van der Waals surface area (Å²) in [5, 5.41) is 3.86. The SMILES string of the molecule is CC(C)c1c(Cl)ncnc1NCCCn1ccnc1. The Labute approximate surface area is 118 Å². The van der Waals surface area contributed by atoms with Gasteiger partial charge in [0.05, 0.1) is 6.33 Å². The van der Waals surface area contributed by atoms with Crippen LogP contribution in [-0.2, 0) is 6.54 Å². The third-order valence-electron chi connectivity index (χ3n) is 2.86. The molecule has 0 saturated carbocycles. The lowest BCUT2D eigenvalue weighted by Gasteiger charge is -2.14. The molecule has 1 N–H and O–H groups in total. The number of hydrogen-bond donors (Lipinski definition) is 1. The van der Waals surface area contributed by atoms with Gasteiger partial charge in [-0.05, 0) is 12.3 Å². The van der Waals surface area contributed by atoms with Gasteiger partial charge in [-0.25, -0.2) is 15.0 Å². The second kappa shape index (κ2) is 6.52. The number of aryl methyl sites for hydroxylation is 1. The standard InChI is InChI=1S/C13H18ClN5/c1-10(2)11-12(14)17-8-18-13(11)16-4-3-6-19-7-5-15-9-19/h5,7-10H,3-4,6H2,1-2H3,(H,16,17,18). The van der Waals surface area contributed by atoms with Crippen LogP contribution in [0, 0.1) is 0 Å². The van der Waals surface area contributed by atoms with E-state index in [2.05, 4.69) is 38.7 Å². The van der Waals surface area contributed by atoms with Crippen molar-refractivity contribution < 1.29 is 0 Å². The Balaban J connectivity index is 1.90. The third-order valence-corrected chi connectivity index (χ3v) is 3.16. The average molecular weight is 280 g/mol. The summed E-state index contributed by atoms with van der Waals surface area (Å²) in [5.74, 6) is 1.13. The fraction of sp³-hybridized carbons (Fsp3) is 0.462. The highest BCUT2D eigenvalue weighted by molar-refractivity contribution is 6.30. The van der Waals surface area contributed by atoms with Gasteiger partial charge in [-0.1, -0.05) is 25.4 Å². The van der Waals surface area contributed by atoms with Gasteiger partial charge in [0.25, 0.3) is 0 Å². The van der Waals surface area contributed by atoms with Crippen LogP contribution in [0.5, 0.6) is 0 Å². The lowest BCUT2D eigenvalue weighted by atomic mass is 10.1. The van der Waals surface area contributed by atoms with Crippen LogP contribution in [0.25, 0.3) is 0 Å². The summed E-state index contributed by atoms with van der Waals surface area (Å²) in [4.78, 5) is 12.3. The molecule has 5 nitrogen and oxygen atoms in total. The maximum Gasteiger partial charge on any atom is 0.138 e. The molecule has 0 aromatic carbocycles. The summed E-state index contributed by atoms with van der Waals surface area (Å²) in [5.41, 5.74) is 0.979. The summed E-state index contributed by atoms with van der Waals surface area (Å²) >= 11 is 6.11. The van der Waals surface area contributed by atoms with Gasteiger partial charge < -0.3 is 9.88 Å². The monoisotopic (exact) mass is 279 g/mol. The molecule has 0 aliphatic heterocycles. The van der Waals surface area contributed by atoms with Crippen molar-refractivity contribution in [2.45, 2.75) is 32.7 Å². The zero-order valence-corrected chi connectivity index (χ0v) is 11.9. The maximum atomic E-state index is 6.11. The maximum absolute atomic E-state index is 6.11. The molecule has 0 radical (unpaired) electrons. The normalized spacial score (nSPS) is 10.9. The van der Waals surface area contributed by atoms with E-state index in [-0.39, 0.29) is 0 Å². The molecule has 2 heterocycles. The van der Waals surface area contributed by atoms with Crippen molar-refractivity contribution in [3.05, 3.63) is 35.8 Å². The molecule has 0 aliphatic rings. The zero-order chi connectivity index (χ0) is 13.7. The van der Waals surface area contributed by atoms with Gasteiger partial charge in [-0.2, -0.15) is 0 Å². The molecule has 0 spiro atoms. The van der Waals surface area contributed by atoms with E-state index in [1.54, 1.807) is 6.20 Å². The van der Waals surface area contributed by atoms with E-state index in [1.165, 1.54) is 6.33 Å². The van der Waals surface area contributed by atoms with Gasteiger partial charge in [0, 0.05) is 31.0 Å². The van der Waals surface area contributed by atoms with E-state index in [0.29, 0.717) is 11.1 Å². The molecule has 0 aliphatic carbocycles. The van der Waals surface area contributed by atoms with Gasteiger partial charge >= 0.3 is 0 Å². The first-order valence-corrected chi connectivity index (χ1v) is 6.76. The van der Waals surface area contributed by atoms with Crippen LogP contribution in [0.1, 0.15) is 31.7 Å². The summed E-state index contributed by atoms with van der Waals surface area (Å²) in [7, 11) is 0. The number of halogens is 1. The van der Waals surface area contributed by atoms with E-state index < -0.39 is 0 Å². The molecule has 102 valence electrons. The van der Waals surface area contributed by atoms with Crippen molar-refractivity contribution in [3.63, 3.8) is 0 Å². The van der Waals surface area contributed by atoms with Crippen LogP contribution >= 0.6 is 11.6 Å². The minimum absolute atomic E-state index is 0.296. The van der Waals surface area contributed by atoms with Crippen molar-refractivity contribution in [2.24, 2.45) is 0 Å². The zero-order valence-electron chi connectivity index (χ0n) is 11.2. The van der Waals surface area contributed by atoms with Crippen molar-refractivity contribution in [3.8, 4) is 0 Å². The van der Waals surface area contributed by atoms with E-state index in [9.17, 15) is 0 Å². The average Bonchev–Trinajstić information content (AvgIpc) is 2.87. The Kier molecular flexibility index (Phi) is 4.74. The van der Waals surface area contributed by atoms with Crippen LogP contribution in [0.2, 0.25) is 5.15 Å². The summed E-state index contributed by atoms with van der Waals surface area (Å²) in [6.07, 6.45) is 8.05. The number of nitrogens with one attached hydrogen (secondary N) is 1. The minimum Gasteiger partial charge on any atom is -0.370 e. The van der Waals surface area contributed by atoms with Gasteiger partial charge in [-0.3, -0.25) is 0 Å². The quantitative estimate of drug-likeness (QED) is 0.652. The molecule has 19 heavy (non-hydrogen) atoms. The van der Waals surface area contributed by atoms with Crippen molar-refractivity contribution in [1.29, 1.82) is 0 Å². The lowest BCUT2D eigenvalue weighted by Crippen LogP contribution is -2.10. The number of nitrogens with zero attached hydrogens (tertiary/aromatic N) is 4. The van der Waals surface area contributed by atoms with Crippen LogP contribution in [0.3, 0.4) is 0 Å². The highest BCUT2D eigenvalue weighted by Crippen LogP contribution is 2.27. The first-order chi connectivity index (χ1) is 9.18. The Hall–Kier alpha value is -1.62. The molecule has 6 heteroatoms. The van der Waals surface area contributed by atoms with Crippen molar-refractivity contribution >= 4 is 17.4 Å². The van der Waals surface area contributed by atoms with Gasteiger partial charge in [-0.15, -0.1) is 0 Å².